The Balaban J connectivity index is 1.82. The van der Waals surface area contributed by atoms with E-state index >= 15 is 0 Å². The zero-order valence-electron chi connectivity index (χ0n) is 13.9. The van der Waals surface area contributed by atoms with E-state index in [1.54, 1.807) is 13.0 Å². The monoisotopic (exact) mass is 345 g/mol. The SMILES string of the molecule is CCOC(=O)[C@@H]1C[C@@]2(C(=O)Nc3ccc([N+](=O)[O-])cc32)N2CCC[C@@H]12. The molecule has 3 aliphatic rings. The van der Waals surface area contributed by atoms with Crippen molar-refractivity contribution in [1.29, 1.82) is 0 Å². The maximum Gasteiger partial charge on any atom is 0.310 e. The Labute approximate surface area is 144 Å². The number of nitrogens with one attached hydrogen (secondary N) is 1. The molecule has 3 heterocycles. The Kier molecular flexibility index (Phi) is 3.54. The van der Waals surface area contributed by atoms with E-state index in [1.807, 2.05) is 0 Å². The summed E-state index contributed by atoms with van der Waals surface area (Å²) >= 11 is 0. The summed E-state index contributed by atoms with van der Waals surface area (Å²) in [5, 5.41) is 14.0. The molecule has 1 amide bonds. The van der Waals surface area contributed by atoms with Gasteiger partial charge in [-0.15, -0.1) is 0 Å². The second kappa shape index (κ2) is 5.52. The average molecular weight is 345 g/mol. The average Bonchev–Trinajstić information content (AvgIpc) is 3.23. The molecule has 2 saturated heterocycles. The lowest BCUT2D eigenvalue weighted by atomic mass is 9.84. The predicted octanol–water partition coefficient (Wildman–Crippen LogP) is 1.79. The van der Waals surface area contributed by atoms with E-state index in [0.29, 0.717) is 30.8 Å². The van der Waals surface area contributed by atoms with Gasteiger partial charge in [0.05, 0.1) is 17.4 Å². The van der Waals surface area contributed by atoms with Crippen molar-refractivity contribution in [3.8, 4) is 0 Å². The third-order valence-corrected chi connectivity index (χ3v) is 5.64. The quantitative estimate of drug-likeness (QED) is 0.509. The third-order valence-electron chi connectivity index (χ3n) is 5.64. The van der Waals surface area contributed by atoms with E-state index in [0.717, 1.165) is 12.8 Å². The zero-order valence-corrected chi connectivity index (χ0v) is 13.9. The van der Waals surface area contributed by atoms with Crippen LogP contribution in [0.5, 0.6) is 0 Å². The van der Waals surface area contributed by atoms with Crippen LogP contribution in [0, 0.1) is 16.0 Å². The molecule has 3 atom stereocenters. The molecule has 8 nitrogen and oxygen atoms in total. The molecule has 1 N–H and O–H groups in total. The second-order valence-electron chi connectivity index (χ2n) is 6.77. The summed E-state index contributed by atoms with van der Waals surface area (Å²) in [7, 11) is 0. The van der Waals surface area contributed by atoms with Crippen LogP contribution >= 0.6 is 0 Å². The van der Waals surface area contributed by atoms with Gasteiger partial charge in [0, 0.05) is 29.4 Å². The third kappa shape index (κ3) is 2.10. The van der Waals surface area contributed by atoms with Crippen molar-refractivity contribution in [3.05, 3.63) is 33.9 Å². The molecule has 25 heavy (non-hydrogen) atoms. The van der Waals surface area contributed by atoms with E-state index < -0.39 is 16.4 Å². The maximum atomic E-state index is 12.9. The molecular weight excluding hydrogens is 326 g/mol. The number of esters is 1. The number of hydrogen-bond donors (Lipinski definition) is 1. The van der Waals surface area contributed by atoms with Gasteiger partial charge in [0.2, 0.25) is 5.91 Å². The summed E-state index contributed by atoms with van der Waals surface area (Å²) in [5.74, 6) is -0.886. The zero-order chi connectivity index (χ0) is 17.8. The van der Waals surface area contributed by atoms with E-state index in [2.05, 4.69) is 10.2 Å². The first-order valence-electron chi connectivity index (χ1n) is 8.53. The highest BCUT2D eigenvalue weighted by Crippen LogP contribution is 2.55. The summed E-state index contributed by atoms with van der Waals surface area (Å²) < 4.78 is 5.22. The number of amides is 1. The molecule has 3 aliphatic heterocycles. The summed E-state index contributed by atoms with van der Waals surface area (Å²) in [4.78, 5) is 38.1. The van der Waals surface area contributed by atoms with Crippen LogP contribution in [0.1, 0.15) is 31.7 Å². The summed E-state index contributed by atoms with van der Waals surface area (Å²) in [6.45, 7) is 2.75. The fourth-order valence-corrected chi connectivity index (χ4v) is 4.68. The van der Waals surface area contributed by atoms with E-state index in [4.69, 9.17) is 4.74 Å². The van der Waals surface area contributed by atoms with Crippen LogP contribution in [0.15, 0.2) is 18.2 Å². The minimum atomic E-state index is -1.01. The Bertz CT molecular complexity index is 780. The van der Waals surface area contributed by atoms with Crippen LogP contribution in [-0.2, 0) is 19.9 Å². The molecule has 0 aliphatic carbocycles. The summed E-state index contributed by atoms with van der Waals surface area (Å²) in [6.07, 6.45) is 2.01. The molecule has 0 saturated carbocycles. The Morgan fingerprint density at radius 1 is 1.52 bits per heavy atom. The fourth-order valence-electron chi connectivity index (χ4n) is 4.68. The Morgan fingerprint density at radius 3 is 3.04 bits per heavy atom. The van der Waals surface area contributed by atoms with E-state index in [9.17, 15) is 19.7 Å². The number of benzene rings is 1. The fraction of sp³-hybridized carbons (Fsp3) is 0.529. The van der Waals surface area contributed by atoms with Gasteiger partial charge >= 0.3 is 5.97 Å². The highest BCUT2D eigenvalue weighted by molar-refractivity contribution is 6.07. The first kappa shape index (κ1) is 16.0. The molecule has 1 aromatic carbocycles. The predicted molar refractivity (Wildman–Crippen MR) is 87.9 cm³/mol. The van der Waals surface area contributed by atoms with Gasteiger partial charge in [0.15, 0.2) is 0 Å². The molecule has 2 fully saturated rings. The normalized spacial score (nSPS) is 30.2. The van der Waals surface area contributed by atoms with Crippen molar-refractivity contribution >= 4 is 23.3 Å². The highest BCUT2D eigenvalue weighted by atomic mass is 16.6. The van der Waals surface area contributed by atoms with Gasteiger partial charge in [-0.2, -0.15) is 0 Å². The number of carbonyl (C=O) groups is 2. The van der Waals surface area contributed by atoms with Crippen LogP contribution in [0.3, 0.4) is 0 Å². The minimum Gasteiger partial charge on any atom is -0.466 e. The number of nitrogens with zero attached hydrogens (tertiary/aromatic N) is 2. The van der Waals surface area contributed by atoms with Crippen molar-refractivity contribution in [2.45, 2.75) is 37.8 Å². The van der Waals surface area contributed by atoms with Crippen molar-refractivity contribution in [1.82, 2.24) is 4.90 Å². The van der Waals surface area contributed by atoms with Gasteiger partial charge < -0.3 is 10.1 Å². The van der Waals surface area contributed by atoms with E-state index in [-0.39, 0.29) is 23.6 Å². The van der Waals surface area contributed by atoms with Crippen molar-refractivity contribution in [2.75, 3.05) is 18.5 Å². The first-order valence-corrected chi connectivity index (χ1v) is 8.53. The number of anilines is 1. The van der Waals surface area contributed by atoms with Gasteiger partial charge in [0.1, 0.15) is 5.54 Å². The van der Waals surface area contributed by atoms with Gasteiger partial charge in [-0.1, -0.05) is 0 Å². The molecule has 1 spiro atoms. The van der Waals surface area contributed by atoms with Gasteiger partial charge in [-0.3, -0.25) is 24.6 Å². The first-order chi connectivity index (χ1) is 12.0. The lowest BCUT2D eigenvalue weighted by molar-refractivity contribution is -0.384. The molecule has 0 aromatic heterocycles. The number of ether oxygens (including phenoxy) is 1. The second-order valence-corrected chi connectivity index (χ2v) is 6.77. The van der Waals surface area contributed by atoms with Gasteiger partial charge in [0.25, 0.3) is 5.69 Å². The van der Waals surface area contributed by atoms with Gasteiger partial charge in [-0.25, -0.2) is 0 Å². The number of rotatable bonds is 3. The number of nitro benzene ring substituents is 1. The number of carbonyl (C=O) groups excluding carboxylic acids is 2. The smallest absolute Gasteiger partial charge is 0.310 e. The molecule has 0 unspecified atom stereocenters. The molecule has 1 aromatic rings. The van der Waals surface area contributed by atoms with Crippen molar-refractivity contribution < 1.29 is 19.2 Å². The summed E-state index contributed by atoms with van der Waals surface area (Å²) in [6, 6.07) is 4.37. The largest absolute Gasteiger partial charge is 0.466 e. The van der Waals surface area contributed by atoms with Crippen LogP contribution < -0.4 is 5.32 Å². The number of nitro groups is 1. The highest BCUT2D eigenvalue weighted by Gasteiger charge is 2.63. The molecule has 0 radical (unpaired) electrons. The lowest BCUT2D eigenvalue weighted by Crippen LogP contribution is -2.47. The van der Waals surface area contributed by atoms with Crippen molar-refractivity contribution in [2.24, 2.45) is 5.92 Å². The van der Waals surface area contributed by atoms with Crippen LogP contribution in [0.4, 0.5) is 11.4 Å². The topological polar surface area (TPSA) is 102 Å². The van der Waals surface area contributed by atoms with Gasteiger partial charge in [-0.05, 0) is 38.8 Å². The number of non-ortho nitro benzene ring substituents is 1. The molecule has 132 valence electrons. The van der Waals surface area contributed by atoms with Crippen LogP contribution in [0.2, 0.25) is 0 Å². The molecule has 8 heteroatoms. The number of hydrogen-bond acceptors (Lipinski definition) is 6. The summed E-state index contributed by atoms with van der Waals surface area (Å²) in [5.41, 5.74) is 0.126. The van der Waals surface area contributed by atoms with Crippen LogP contribution in [0.25, 0.3) is 0 Å². The minimum absolute atomic E-state index is 0.0510. The van der Waals surface area contributed by atoms with Crippen LogP contribution in [-0.4, -0.2) is 40.9 Å². The number of fused-ring (bicyclic) bond motifs is 4. The maximum absolute atomic E-state index is 12.9. The molecular formula is C17H19N3O5. The molecule has 0 bridgehead atoms. The van der Waals surface area contributed by atoms with E-state index in [1.165, 1.54) is 12.1 Å². The Morgan fingerprint density at radius 2 is 2.32 bits per heavy atom. The Hall–Kier alpha value is -2.48. The molecule has 4 rings (SSSR count). The van der Waals surface area contributed by atoms with Crippen molar-refractivity contribution in [3.63, 3.8) is 0 Å². The lowest BCUT2D eigenvalue weighted by Gasteiger charge is -2.32. The standard InChI is InChI=1S/C17H19N3O5/c1-2-25-15(21)11-9-17(19-7-3-4-14(11)19)12-8-10(20(23)24)5-6-13(12)18-16(17)22/h5-6,8,11,14H,2-4,7,9H2,1H3,(H,18,22)/t11-,14+,17-/m1/s1.